The van der Waals surface area contributed by atoms with E-state index in [1.165, 1.54) is 5.56 Å². The van der Waals surface area contributed by atoms with Crippen LogP contribution >= 0.6 is 0 Å². The smallest absolute Gasteiger partial charge is 0.227 e. The fourth-order valence-electron chi connectivity index (χ4n) is 3.78. The van der Waals surface area contributed by atoms with Gasteiger partial charge < -0.3 is 14.7 Å². The second-order valence-electron chi connectivity index (χ2n) is 8.52. The lowest BCUT2D eigenvalue weighted by atomic mass is 10.0. The van der Waals surface area contributed by atoms with E-state index in [9.17, 15) is 4.79 Å². The topological polar surface area (TPSA) is 100 Å². The number of benzene rings is 1. The second-order valence-corrected chi connectivity index (χ2v) is 8.52. The van der Waals surface area contributed by atoms with Gasteiger partial charge >= 0.3 is 0 Å². The SMILES string of the molecule is CC(C)c1ccc(-c2noc(CCC(=O)NCCN3CCN(c4ncccn4)CC3)n2)cc1. The van der Waals surface area contributed by atoms with Crippen molar-refractivity contribution in [3.05, 3.63) is 54.2 Å². The molecule has 0 unspecified atom stereocenters. The number of amides is 1. The number of piperazine rings is 1. The van der Waals surface area contributed by atoms with E-state index >= 15 is 0 Å². The molecule has 1 aliphatic heterocycles. The molecule has 4 rings (SSSR count). The van der Waals surface area contributed by atoms with Crippen molar-refractivity contribution in [2.75, 3.05) is 44.2 Å². The van der Waals surface area contributed by atoms with Gasteiger partial charge in [-0.15, -0.1) is 0 Å². The molecule has 0 radical (unpaired) electrons. The Morgan fingerprint density at radius 1 is 1.09 bits per heavy atom. The maximum Gasteiger partial charge on any atom is 0.227 e. The van der Waals surface area contributed by atoms with E-state index in [0.29, 0.717) is 37.0 Å². The predicted octanol–water partition coefficient (Wildman–Crippen LogP) is 2.52. The first-order valence-corrected chi connectivity index (χ1v) is 11.5. The molecule has 0 bridgehead atoms. The Bertz CT molecular complexity index is 1010. The summed E-state index contributed by atoms with van der Waals surface area (Å²) in [5.41, 5.74) is 2.18. The zero-order valence-corrected chi connectivity index (χ0v) is 19.3. The van der Waals surface area contributed by atoms with Gasteiger partial charge in [-0.2, -0.15) is 4.98 Å². The van der Waals surface area contributed by atoms with Crippen LogP contribution in [0, 0.1) is 0 Å². The monoisotopic (exact) mass is 449 g/mol. The number of hydrogen-bond donors (Lipinski definition) is 1. The molecule has 2 aromatic heterocycles. The summed E-state index contributed by atoms with van der Waals surface area (Å²) >= 11 is 0. The van der Waals surface area contributed by atoms with Crippen LogP contribution in [0.15, 0.2) is 47.2 Å². The molecule has 0 atom stereocenters. The third-order valence-electron chi connectivity index (χ3n) is 5.83. The molecule has 9 nitrogen and oxygen atoms in total. The Morgan fingerprint density at radius 2 is 1.82 bits per heavy atom. The molecule has 0 spiro atoms. The van der Waals surface area contributed by atoms with Crippen molar-refractivity contribution in [3.8, 4) is 11.4 Å². The van der Waals surface area contributed by atoms with E-state index < -0.39 is 0 Å². The number of anilines is 1. The van der Waals surface area contributed by atoms with E-state index in [4.69, 9.17) is 4.52 Å². The number of rotatable bonds is 9. The van der Waals surface area contributed by atoms with Crippen LogP contribution in [0.25, 0.3) is 11.4 Å². The first kappa shape index (κ1) is 22.8. The highest BCUT2D eigenvalue weighted by molar-refractivity contribution is 5.76. The van der Waals surface area contributed by atoms with Crippen LogP contribution in [0.2, 0.25) is 0 Å². The molecule has 3 aromatic rings. The molecule has 1 aliphatic rings. The van der Waals surface area contributed by atoms with Crippen LogP contribution < -0.4 is 10.2 Å². The molecular weight excluding hydrogens is 418 g/mol. The fourth-order valence-corrected chi connectivity index (χ4v) is 3.78. The molecule has 0 saturated carbocycles. The molecule has 1 N–H and O–H groups in total. The van der Waals surface area contributed by atoms with E-state index in [-0.39, 0.29) is 5.91 Å². The highest BCUT2D eigenvalue weighted by Crippen LogP contribution is 2.20. The van der Waals surface area contributed by atoms with Gasteiger partial charge in [0.15, 0.2) is 0 Å². The second kappa shape index (κ2) is 11.0. The van der Waals surface area contributed by atoms with Crippen molar-refractivity contribution in [2.24, 2.45) is 0 Å². The first-order valence-electron chi connectivity index (χ1n) is 11.5. The quantitative estimate of drug-likeness (QED) is 0.532. The number of carbonyl (C=O) groups excluding carboxylic acids is 1. The minimum atomic E-state index is -0.00708. The molecule has 1 fully saturated rings. The number of hydrogen-bond acceptors (Lipinski definition) is 8. The minimum absolute atomic E-state index is 0.00708. The maximum absolute atomic E-state index is 12.2. The summed E-state index contributed by atoms with van der Waals surface area (Å²) in [6.45, 7) is 9.40. The van der Waals surface area contributed by atoms with Crippen LogP contribution in [0.3, 0.4) is 0 Å². The normalized spacial score (nSPS) is 14.6. The Labute approximate surface area is 194 Å². The van der Waals surface area contributed by atoms with Crippen LogP contribution in [-0.2, 0) is 11.2 Å². The zero-order valence-electron chi connectivity index (χ0n) is 19.3. The number of carbonyl (C=O) groups is 1. The third kappa shape index (κ3) is 6.35. The van der Waals surface area contributed by atoms with Crippen molar-refractivity contribution in [1.29, 1.82) is 0 Å². The van der Waals surface area contributed by atoms with Gasteiger partial charge in [0, 0.05) is 70.1 Å². The summed E-state index contributed by atoms with van der Waals surface area (Å²) < 4.78 is 5.33. The van der Waals surface area contributed by atoms with E-state index in [2.05, 4.69) is 61.2 Å². The van der Waals surface area contributed by atoms with E-state index in [1.807, 2.05) is 18.2 Å². The average Bonchev–Trinajstić information content (AvgIpc) is 3.33. The van der Waals surface area contributed by atoms with Gasteiger partial charge in [0.2, 0.25) is 23.6 Å². The molecule has 3 heterocycles. The van der Waals surface area contributed by atoms with Crippen LogP contribution in [0.4, 0.5) is 5.95 Å². The summed E-state index contributed by atoms with van der Waals surface area (Å²) in [5.74, 6) is 2.29. The molecule has 1 amide bonds. The lowest BCUT2D eigenvalue weighted by Gasteiger charge is -2.34. The Kier molecular flexibility index (Phi) is 7.62. The van der Waals surface area contributed by atoms with Gasteiger partial charge in [0.1, 0.15) is 0 Å². The summed E-state index contributed by atoms with van der Waals surface area (Å²) in [6, 6.07) is 10.00. The molecule has 0 aliphatic carbocycles. The van der Waals surface area contributed by atoms with Gasteiger partial charge in [0.25, 0.3) is 0 Å². The van der Waals surface area contributed by atoms with E-state index in [1.54, 1.807) is 12.4 Å². The lowest BCUT2D eigenvalue weighted by Crippen LogP contribution is -2.49. The Hall–Kier alpha value is -3.33. The molecular formula is C24H31N7O2. The fraction of sp³-hybridized carbons (Fsp3) is 0.458. The Morgan fingerprint density at radius 3 is 2.52 bits per heavy atom. The highest BCUT2D eigenvalue weighted by Gasteiger charge is 2.18. The van der Waals surface area contributed by atoms with Crippen molar-refractivity contribution >= 4 is 11.9 Å². The van der Waals surface area contributed by atoms with Gasteiger partial charge in [0.05, 0.1) is 0 Å². The Balaban J connectivity index is 1.14. The predicted molar refractivity (Wildman–Crippen MR) is 126 cm³/mol. The maximum atomic E-state index is 12.2. The first-order chi connectivity index (χ1) is 16.1. The number of nitrogens with one attached hydrogen (secondary N) is 1. The minimum Gasteiger partial charge on any atom is -0.355 e. The van der Waals surface area contributed by atoms with Gasteiger partial charge in [-0.25, -0.2) is 9.97 Å². The molecule has 1 aromatic carbocycles. The number of aryl methyl sites for hydroxylation is 1. The molecule has 9 heteroatoms. The number of aromatic nitrogens is 4. The van der Waals surface area contributed by atoms with Gasteiger partial charge in [-0.1, -0.05) is 43.3 Å². The molecule has 1 saturated heterocycles. The lowest BCUT2D eigenvalue weighted by molar-refractivity contribution is -0.121. The molecule has 33 heavy (non-hydrogen) atoms. The van der Waals surface area contributed by atoms with Gasteiger partial charge in [-0.05, 0) is 17.5 Å². The average molecular weight is 450 g/mol. The van der Waals surface area contributed by atoms with Crippen LogP contribution in [0.1, 0.15) is 37.6 Å². The van der Waals surface area contributed by atoms with Crippen molar-refractivity contribution in [2.45, 2.75) is 32.6 Å². The zero-order chi connectivity index (χ0) is 23.0. The van der Waals surface area contributed by atoms with Crippen LogP contribution in [0.5, 0.6) is 0 Å². The molecule has 174 valence electrons. The van der Waals surface area contributed by atoms with Gasteiger partial charge in [-0.3, -0.25) is 9.69 Å². The summed E-state index contributed by atoms with van der Waals surface area (Å²) in [4.78, 5) is 29.8. The third-order valence-corrected chi connectivity index (χ3v) is 5.83. The van der Waals surface area contributed by atoms with Crippen molar-refractivity contribution in [3.63, 3.8) is 0 Å². The summed E-state index contributed by atoms with van der Waals surface area (Å²) in [5, 5.41) is 7.04. The highest BCUT2D eigenvalue weighted by atomic mass is 16.5. The largest absolute Gasteiger partial charge is 0.355 e. The van der Waals surface area contributed by atoms with Crippen LogP contribution in [-0.4, -0.2) is 70.2 Å². The standard InChI is InChI=1S/C24H31N7O2/c1-18(2)19-4-6-20(7-5-19)23-28-22(33-29-23)9-8-21(32)25-12-13-30-14-16-31(17-15-30)24-26-10-3-11-27-24/h3-7,10-11,18H,8-9,12-17H2,1-2H3,(H,25,32). The number of nitrogens with zero attached hydrogens (tertiary/aromatic N) is 6. The van der Waals surface area contributed by atoms with E-state index in [0.717, 1.165) is 44.2 Å². The summed E-state index contributed by atoms with van der Waals surface area (Å²) in [7, 11) is 0. The summed E-state index contributed by atoms with van der Waals surface area (Å²) in [6.07, 6.45) is 4.29. The van der Waals surface area contributed by atoms with Crippen molar-refractivity contribution < 1.29 is 9.32 Å². The van der Waals surface area contributed by atoms with Crippen molar-refractivity contribution in [1.82, 2.24) is 30.3 Å².